The van der Waals surface area contributed by atoms with Crippen molar-refractivity contribution < 1.29 is 4.79 Å². The van der Waals surface area contributed by atoms with Gasteiger partial charge in [0.15, 0.2) is 5.78 Å². The molecule has 92 valence electrons. The quantitative estimate of drug-likeness (QED) is 0.608. The number of ketones is 1. The van der Waals surface area contributed by atoms with Gasteiger partial charge in [0.05, 0.1) is 6.33 Å². The van der Waals surface area contributed by atoms with E-state index in [1.165, 1.54) is 0 Å². The van der Waals surface area contributed by atoms with Gasteiger partial charge in [-0.05, 0) is 24.3 Å². The van der Waals surface area contributed by atoms with Crippen molar-refractivity contribution in [2.75, 3.05) is 14.1 Å². The van der Waals surface area contributed by atoms with E-state index >= 15 is 0 Å². The van der Waals surface area contributed by atoms with E-state index in [9.17, 15) is 4.79 Å². The predicted octanol–water partition coefficient (Wildman–Crippen LogP) is 2.13. The summed E-state index contributed by atoms with van der Waals surface area (Å²) in [5.41, 5.74) is 1.66. The molecular weight excluding hydrogens is 226 g/mol. The summed E-state index contributed by atoms with van der Waals surface area (Å²) in [6, 6.07) is 7.44. The monoisotopic (exact) mass is 241 g/mol. The van der Waals surface area contributed by atoms with Crippen LogP contribution in [0.1, 0.15) is 10.4 Å². The van der Waals surface area contributed by atoms with Gasteiger partial charge in [-0.2, -0.15) is 0 Å². The topological polar surface area (TPSA) is 38.1 Å². The molecule has 0 aliphatic heterocycles. The van der Waals surface area contributed by atoms with Gasteiger partial charge in [0.1, 0.15) is 0 Å². The highest BCUT2D eigenvalue weighted by molar-refractivity contribution is 6.04. The third kappa shape index (κ3) is 2.85. The molecular formula is C14H15N3O. The maximum Gasteiger partial charge on any atom is 0.187 e. The van der Waals surface area contributed by atoms with Gasteiger partial charge in [0.25, 0.3) is 0 Å². The van der Waals surface area contributed by atoms with Crippen LogP contribution in [-0.4, -0.2) is 34.3 Å². The lowest BCUT2D eigenvalue weighted by Gasteiger charge is -2.04. The first-order valence-corrected chi connectivity index (χ1v) is 5.64. The van der Waals surface area contributed by atoms with Gasteiger partial charge in [-0.1, -0.05) is 0 Å². The van der Waals surface area contributed by atoms with Gasteiger partial charge in [0, 0.05) is 50.0 Å². The maximum atomic E-state index is 11.8. The lowest BCUT2D eigenvalue weighted by Crippen LogP contribution is -2.03. The molecule has 0 bridgehead atoms. The fraction of sp³-hybridized carbons (Fsp3) is 0.143. The SMILES string of the molecule is CN(C)C=CC(=O)c1ccc(-n2ccnc2)cc1. The number of allylic oxidation sites excluding steroid dienone is 1. The Kier molecular flexibility index (Phi) is 3.57. The summed E-state index contributed by atoms with van der Waals surface area (Å²) >= 11 is 0. The number of hydrogen-bond acceptors (Lipinski definition) is 3. The van der Waals surface area contributed by atoms with Crippen LogP contribution in [0.5, 0.6) is 0 Å². The third-order valence-corrected chi connectivity index (χ3v) is 2.48. The molecule has 0 radical (unpaired) electrons. The van der Waals surface area contributed by atoms with Crippen LogP contribution in [0, 0.1) is 0 Å². The standard InChI is InChI=1S/C14H15N3O/c1-16(2)9-7-14(18)12-3-5-13(6-4-12)17-10-8-15-11-17/h3-11H,1-2H3. The minimum absolute atomic E-state index is 0.000816. The van der Waals surface area contributed by atoms with Crippen LogP contribution < -0.4 is 0 Å². The molecule has 0 fully saturated rings. The van der Waals surface area contributed by atoms with E-state index in [4.69, 9.17) is 0 Å². The van der Waals surface area contributed by atoms with Crippen LogP contribution >= 0.6 is 0 Å². The van der Waals surface area contributed by atoms with Crippen LogP contribution in [0.4, 0.5) is 0 Å². The molecule has 0 aliphatic carbocycles. The van der Waals surface area contributed by atoms with Gasteiger partial charge in [-0.15, -0.1) is 0 Å². The summed E-state index contributed by atoms with van der Waals surface area (Å²) in [5, 5.41) is 0. The van der Waals surface area contributed by atoms with Crippen LogP contribution in [0.15, 0.2) is 55.3 Å². The summed E-state index contributed by atoms with van der Waals surface area (Å²) in [7, 11) is 3.76. The van der Waals surface area contributed by atoms with E-state index in [0.717, 1.165) is 5.69 Å². The Hall–Kier alpha value is -2.36. The van der Waals surface area contributed by atoms with Crippen molar-refractivity contribution in [3.63, 3.8) is 0 Å². The van der Waals surface area contributed by atoms with E-state index < -0.39 is 0 Å². The van der Waals surface area contributed by atoms with Crippen LogP contribution in [0.2, 0.25) is 0 Å². The molecule has 0 unspecified atom stereocenters. The molecule has 2 rings (SSSR count). The molecule has 0 amide bonds. The number of imidazole rings is 1. The summed E-state index contributed by atoms with van der Waals surface area (Å²) in [4.78, 5) is 17.6. The highest BCUT2D eigenvalue weighted by Gasteiger charge is 2.02. The molecule has 1 aromatic heterocycles. The Bertz CT molecular complexity index is 539. The summed E-state index contributed by atoms with van der Waals surface area (Å²) < 4.78 is 1.89. The highest BCUT2D eigenvalue weighted by atomic mass is 16.1. The van der Waals surface area contributed by atoms with Crippen molar-refractivity contribution in [1.82, 2.24) is 14.5 Å². The van der Waals surface area contributed by atoms with E-state index in [1.54, 1.807) is 24.8 Å². The number of aromatic nitrogens is 2. The fourth-order valence-corrected chi connectivity index (χ4v) is 1.52. The molecule has 1 aromatic carbocycles. The maximum absolute atomic E-state index is 11.8. The Morgan fingerprint density at radius 2 is 2.00 bits per heavy atom. The van der Waals surface area contributed by atoms with Gasteiger partial charge >= 0.3 is 0 Å². The Balaban J connectivity index is 2.15. The van der Waals surface area contributed by atoms with Crippen molar-refractivity contribution in [3.05, 3.63) is 60.8 Å². The number of benzene rings is 1. The molecule has 0 saturated carbocycles. The first-order chi connectivity index (χ1) is 8.66. The minimum Gasteiger partial charge on any atom is -0.383 e. The molecule has 4 nitrogen and oxygen atoms in total. The Morgan fingerprint density at radius 1 is 1.28 bits per heavy atom. The van der Waals surface area contributed by atoms with E-state index in [-0.39, 0.29) is 5.78 Å². The normalized spacial score (nSPS) is 10.8. The third-order valence-electron chi connectivity index (χ3n) is 2.48. The summed E-state index contributed by atoms with van der Waals surface area (Å²) in [5.74, 6) is 0.000816. The summed E-state index contributed by atoms with van der Waals surface area (Å²) in [6.45, 7) is 0. The predicted molar refractivity (Wildman–Crippen MR) is 70.7 cm³/mol. The lowest BCUT2D eigenvalue weighted by molar-refractivity contribution is 0.104. The molecule has 2 aromatic rings. The van der Waals surface area contributed by atoms with Crippen molar-refractivity contribution in [2.24, 2.45) is 0 Å². The number of carbonyl (C=O) groups is 1. The first kappa shape index (κ1) is 12.1. The average Bonchev–Trinajstić information content (AvgIpc) is 2.90. The summed E-state index contributed by atoms with van der Waals surface area (Å²) in [6.07, 6.45) is 8.61. The van der Waals surface area contributed by atoms with Gasteiger partial charge in [0.2, 0.25) is 0 Å². The second kappa shape index (κ2) is 5.31. The van der Waals surface area contributed by atoms with Crippen molar-refractivity contribution in [3.8, 4) is 5.69 Å². The van der Waals surface area contributed by atoms with Crippen LogP contribution in [-0.2, 0) is 0 Å². The van der Waals surface area contributed by atoms with Crippen LogP contribution in [0.25, 0.3) is 5.69 Å². The molecule has 0 N–H and O–H groups in total. The zero-order valence-corrected chi connectivity index (χ0v) is 10.4. The number of rotatable bonds is 4. The molecule has 1 heterocycles. The Morgan fingerprint density at radius 3 is 2.56 bits per heavy atom. The second-order valence-electron chi connectivity index (χ2n) is 4.16. The zero-order valence-electron chi connectivity index (χ0n) is 10.4. The van der Waals surface area contributed by atoms with Crippen LogP contribution in [0.3, 0.4) is 0 Å². The molecule has 0 atom stereocenters. The molecule has 18 heavy (non-hydrogen) atoms. The highest BCUT2D eigenvalue weighted by Crippen LogP contribution is 2.10. The first-order valence-electron chi connectivity index (χ1n) is 5.64. The van der Waals surface area contributed by atoms with Crippen molar-refractivity contribution in [1.29, 1.82) is 0 Å². The van der Waals surface area contributed by atoms with E-state index in [0.29, 0.717) is 5.56 Å². The fourth-order valence-electron chi connectivity index (χ4n) is 1.52. The molecule has 0 spiro atoms. The van der Waals surface area contributed by atoms with E-state index in [2.05, 4.69) is 4.98 Å². The lowest BCUT2D eigenvalue weighted by atomic mass is 10.1. The van der Waals surface area contributed by atoms with Crippen molar-refractivity contribution in [2.45, 2.75) is 0 Å². The van der Waals surface area contributed by atoms with Gasteiger partial charge in [-0.3, -0.25) is 4.79 Å². The molecule has 4 heteroatoms. The number of nitrogens with zero attached hydrogens (tertiary/aromatic N) is 3. The number of carbonyl (C=O) groups excluding carboxylic acids is 1. The van der Waals surface area contributed by atoms with Gasteiger partial charge in [-0.25, -0.2) is 4.98 Å². The average molecular weight is 241 g/mol. The van der Waals surface area contributed by atoms with Crippen molar-refractivity contribution >= 4 is 5.78 Å². The van der Waals surface area contributed by atoms with Gasteiger partial charge < -0.3 is 9.47 Å². The minimum atomic E-state index is 0.000816. The molecule has 0 aliphatic rings. The number of hydrogen-bond donors (Lipinski definition) is 0. The second-order valence-corrected chi connectivity index (χ2v) is 4.16. The molecule has 0 saturated heterocycles. The smallest absolute Gasteiger partial charge is 0.187 e. The zero-order chi connectivity index (χ0) is 13.0. The Labute approximate surface area is 106 Å². The van der Waals surface area contributed by atoms with E-state index in [1.807, 2.05) is 54.0 Å². The largest absolute Gasteiger partial charge is 0.383 e.